The van der Waals surface area contributed by atoms with Crippen molar-refractivity contribution in [3.8, 4) is 16.8 Å². The van der Waals surface area contributed by atoms with E-state index in [4.69, 9.17) is 5.10 Å². The molecule has 0 atom stereocenters. The van der Waals surface area contributed by atoms with E-state index >= 15 is 0 Å². The molecule has 0 saturated carbocycles. The summed E-state index contributed by atoms with van der Waals surface area (Å²) in [5.74, 6) is 0. The van der Waals surface area contributed by atoms with Gasteiger partial charge in [-0.05, 0) is 63.9 Å². The molecule has 0 unspecified atom stereocenters. The first-order valence-corrected chi connectivity index (χ1v) is 13.3. The number of benzene rings is 2. The Kier molecular flexibility index (Phi) is 9.13. The smallest absolute Gasteiger partial charge is 0.448 e. The van der Waals surface area contributed by atoms with Gasteiger partial charge in [0.2, 0.25) is 10.0 Å². The van der Waals surface area contributed by atoms with Gasteiger partial charge in [0.25, 0.3) is 0 Å². The van der Waals surface area contributed by atoms with Gasteiger partial charge in [0, 0.05) is 11.3 Å². The number of carbonyl (C=O) groups excluding carboxylic acids is 1. The Balaban J connectivity index is 0.00000361. The first-order chi connectivity index (χ1) is 16.7. The quantitative estimate of drug-likeness (QED) is 0.368. The summed E-state index contributed by atoms with van der Waals surface area (Å²) in [4.78, 5) is 16.2. The minimum absolute atomic E-state index is 0. The fourth-order valence-corrected chi connectivity index (χ4v) is 6.29. The summed E-state index contributed by atoms with van der Waals surface area (Å²) in [6.07, 6.45) is 0.534. The van der Waals surface area contributed by atoms with Crippen LogP contribution in [-0.4, -0.2) is 35.8 Å². The Morgan fingerprint density at radius 2 is 1.67 bits per heavy atom. The first kappa shape index (κ1) is 28.1. The van der Waals surface area contributed by atoms with Gasteiger partial charge in [0.05, 0.1) is 22.1 Å². The SMILES string of the molecule is Cc1nc(C)c(S(=O)(=O)[N-]C(=O)NCCc2ccc(-n3nc(C)c(-c4ccccc4)c3C)cc2)s1.[Na+]. The second-order valence-corrected chi connectivity index (χ2v) is 11.1. The molecule has 2 heterocycles. The molecular formula is C25H26N5NaO3S2. The standard InChI is InChI=1S/C25H27N5O3S2.Na/c1-16-23(21-8-6-5-7-9-21)18(3)30(28-16)22-12-10-20(11-13-22)14-15-26-25(31)29-35(32,33)24-17(2)27-19(4)34-24;/h5-13H,14-15H2,1-4H3,(H2,26,29,31);/q;+1/p-1. The van der Waals surface area contributed by atoms with Crippen LogP contribution in [0.15, 0.2) is 58.8 Å². The zero-order chi connectivity index (χ0) is 25.2. The van der Waals surface area contributed by atoms with Gasteiger partial charge < -0.3 is 10.0 Å². The molecule has 0 saturated heterocycles. The fraction of sp³-hybridized carbons (Fsp3) is 0.240. The molecule has 0 bridgehead atoms. The summed E-state index contributed by atoms with van der Waals surface area (Å²) in [6, 6.07) is 17.2. The number of hydrogen-bond acceptors (Lipinski definition) is 6. The molecule has 4 aromatic rings. The van der Waals surface area contributed by atoms with E-state index in [2.05, 4.69) is 34.1 Å². The number of aromatic nitrogens is 3. The molecule has 0 fully saturated rings. The predicted octanol–water partition coefficient (Wildman–Crippen LogP) is 2.25. The van der Waals surface area contributed by atoms with Crippen molar-refractivity contribution in [3.63, 3.8) is 0 Å². The van der Waals surface area contributed by atoms with Gasteiger partial charge in [-0.25, -0.2) is 18.1 Å². The molecule has 182 valence electrons. The summed E-state index contributed by atoms with van der Waals surface area (Å²) < 4.78 is 30.0. The molecule has 4 rings (SSSR count). The molecule has 2 aromatic carbocycles. The third-order valence-corrected chi connectivity index (χ3v) is 8.44. The van der Waals surface area contributed by atoms with E-state index in [1.165, 1.54) is 0 Å². The summed E-state index contributed by atoms with van der Waals surface area (Å²) in [7, 11) is -4.07. The number of amides is 2. The van der Waals surface area contributed by atoms with Crippen LogP contribution in [0.2, 0.25) is 0 Å². The van der Waals surface area contributed by atoms with E-state index in [-0.39, 0.29) is 40.3 Å². The summed E-state index contributed by atoms with van der Waals surface area (Å²) in [6.45, 7) is 7.61. The number of carbonyl (C=O) groups is 1. The monoisotopic (exact) mass is 531 g/mol. The van der Waals surface area contributed by atoms with Crippen LogP contribution >= 0.6 is 11.3 Å². The van der Waals surface area contributed by atoms with Gasteiger partial charge in [0.1, 0.15) is 4.21 Å². The summed E-state index contributed by atoms with van der Waals surface area (Å²) in [5, 5.41) is 7.88. The third kappa shape index (κ3) is 6.24. The van der Waals surface area contributed by atoms with Gasteiger partial charge in [-0.1, -0.05) is 42.5 Å². The number of sulfonamides is 1. The van der Waals surface area contributed by atoms with Crippen LogP contribution in [0, 0.1) is 27.7 Å². The van der Waals surface area contributed by atoms with Crippen molar-refractivity contribution >= 4 is 27.4 Å². The number of thiazole rings is 1. The molecule has 36 heavy (non-hydrogen) atoms. The summed E-state index contributed by atoms with van der Waals surface area (Å²) in [5.41, 5.74) is 6.56. The van der Waals surface area contributed by atoms with Crippen molar-refractivity contribution in [2.75, 3.05) is 6.54 Å². The first-order valence-electron chi connectivity index (χ1n) is 11.1. The van der Waals surface area contributed by atoms with Gasteiger partial charge in [-0.2, -0.15) is 5.10 Å². The molecular weight excluding hydrogens is 505 g/mol. The average molecular weight is 532 g/mol. The molecule has 0 aliphatic carbocycles. The molecule has 2 aromatic heterocycles. The van der Waals surface area contributed by atoms with E-state index in [0.717, 1.165) is 45.1 Å². The van der Waals surface area contributed by atoms with Crippen LogP contribution in [0.25, 0.3) is 21.5 Å². The number of nitrogens with one attached hydrogen (secondary N) is 1. The Hall–Kier alpha value is -2.50. The zero-order valence-electron chi connectivity index (χ0n) is 20.9. The fourth-order valence-electron chi connectivity index (χ4n) is 3.97. The van der Waals surface area contributed by atoms with Crippen LogP contribution in [0.3, 0.4) is 0 Å². The topological polar surface area (TPSA) is 108 Å². The number of rotatable bonds is 7. The Labute approximate surface area is 237 Å². The second kappa shape index (κ2) is 11.7. The van der Waals surface area contributed by atoms with E-state index in [1.807, 2.05) is 54.1 Å². The van der Waals surface area contributed by atoms with Crippen LogP contribution in [0.1, 0.15) is 27.7 Å². The Morgan fingerprint density at radius 3 is 2.28 bits per heavy atom. The Bertz CT molecular complexity index is 1460. The third-order valence-electron chi connectivity index (χ3n) is 5.52. The molecule has 0 spiro atoms. The van der Waals surface area contributed by atoms with Crippen molar-refractivity contribution < 1.29 is 42.8 Å². The number of urea groups is 1. The molecule has 11 heteroatoms. The molecule has 2 amide bonds. The van der Waals surface area contributed by atoms with E-state index in [1.54, 1.807) is 13.8 Å². The molecule has 1 N–H and O–H groups in total. The molecule has 0 aliphatic heterocycles. The van der Waals surface area contributed by atoms with Crippen LogP contribution in [0.5, 0.6) is 0 Å². The number of aryl methyl sites for hydroxylation is 3. The maximum atomic E-state index is 12.4. The normalized spacial score (nSPS) is 11.1. The maximum absolute atomic E-state index is 12.4. The minimum atomic E-state index is -4.07. The minimum Gasteiger partial charge on any atom is -0.448 e. The van der Waals surface area contributed by atoms with Gasteiger partial charge in [-0.3, -0.25) is 4.79 Å². The number of nitrogens with zero attached hydrogens (tertiary/aromatic N) is 4. The van der Waals surface area contributed by atoms with Gasteiger partial charge in [-0.15, -0.1) is 11.3 Å². The van der Waals surface area contributed by atoms with Gasteiger partial charge in [0.15, 0.2) is 6.03 Å². The van der Waals surface area contributed by atoms with Crippen molar-refractivity contribution in [2.24, 2.45) is 0 Å². The molecule has 0 radical (unpaired) electrons. The van der Waals surface area contributed by atoms with E-state index < -0.39 is 16.1 Å². The van der Waals surface area contributed by atoms with Gasteiger partial charge >= 0.3 is 29.6 Å². The van der Waals surface area contributed by atoms with Crippen LogP contribution < -0.4 is 34.9 Å². The van der Waals surface area contributed by atoms with E-state index in [0.29, 0.717) is 17.1 Å². The Morgan fingerprint density at radius 1 is 1.00 bits per heavy atom. The molecule has 0 aliphatic rings. The number of hydrogen-bond donors (Lipinski definition) is 1. The zero-order valence-corrected chi connectivity index (χ0v) is 24.6. The summed E-state index contributed by atoms with van der Waals surface area (Å²) >= 11 is 1.01. The second-order valence-electron chi connectivity index (χ2n) is 8.14. The largest absolute Gasteiger partial charge is 1.00 e. The maximum Gasteiger partial charge on any atom is 1.00 e. The van der Waals surface area contributed by atoms with Crippen molar-refractivity contribution in [1.82, 2.24) is 20.1 Å². The van der Waals surface area contributed by atoms with Crippen molar-refractivity contribution in [2.45, 2.75) is 38.3 Å². The molecule has 8 nitrogen and oxygen atoms in total. The predicted molar refractivity (Wildman–Crippen MR) is 138 cm³/mol. The van der Waals surface area contributed by atoms with Crippen LogP contribution in [0.4, 0.5) is 4.79 Å². The van der Waals surface area contributed by atoms with Crippen molar-refractivity contribution in [3.05, 3.63) is 87.0 Å². The van der Waals surface area contributed by atoms with Crippen LogP contribution in [-0.2, 0) is 16.4 Å². The van der Waals surface area contributed by atoms with E-state index in [9.17, 15) is 13.2 Å². The van der Waals surface area contributed by atoms with Crippen molar-refractivity contribution in [1.29, 1.82) is 0 Å². The average Bonchev–Trinajstić information content (AvgIpc) is 3.32.